The van der Waals surface area contributed by atoms with Gasteiger partial charge in [-0.15, -0.1) is 10.2 Å². The van der Waals surface area contributed by atoms with Crippen LogP contribution < -0.4 is 10.1 Å². The Morgan fingerprint density at radius 3 is 2.61 bits per heavy atom. The first-order chi connectivity index (χ1) is 13.5. The Hall–Kier alpha value is -2.51. The first kappa shape index (κ1) is 20.2. The molecule has 3 rings (SSSR count). The van der Waals surface area contributed by atoms with Gasteiger partial charge in [-0.3, -0.25) is 4.79 Å². The first-order valence-corrected chi connectivity index (χ1v) is 10.1. The van der Waals surface area contributed by atoms with Crippen molar-refractivity contribution >= 4 is 35.0 Å². The van der Waals surface area contributed by atoms with Gasteiger partial charge >= 0.3 is 0 Å². The van der Waals surface area contributed by atoms with Crippen molar-refractivity contribution in [2.75, 3.05) is 18.2 Å². The Bertz CT molecular complexity index is 973. The Kier molecular flexibility index (Phi) is 6.59. The van der Waals surface area contributed by atoms with E-state index in [9.17, 15) is 4.79 Å². The molecule has 0 bridgehead atoms. The van der Waals surface area contributed by atoms with E-state index in [2.05, 4.69) is 15.5 Å². The van der Waals surface area contributed by atoms with Crippen LogP contribution in [0.4, 0.5) is 5.69 Å². The number of hydrogen-bond acceptors (Lipinski definition) is 5. The number of hydrogen-bond donors (Lipinski definition) is 1. The number of thioether (sulfide) groups is 1. The zero-order chi connectivity index (χ0) is 20.1. The largest absolute Gasteiger partial charge is 0.497 e. The van der Waals surface area contributed by atoms with Crippen LogP contribution in [0.5, 0.6) is 5.75 Å². The molecule has 28 heavy (non-hydrogen) atoms. The second-order valence-electron chi connectivity index (χ2n) is 6.08. The molecule has 1 heterocycles. The van der Waals surface area contributed by atoms with Gasteiger partial charge in [0.1, 0.15) is 5.75 Å². The van der Waals surface area contributed by atoms with E-state index in [1.807, 2.05) is 54.8 Å². The summed E-state index contributed by atoms with van der Waals surface area (Å²) in [6, 6.07) is 13.1. The van der Waals surface area contributed by atoms with E-state index < -0.39 is 0 Å². The molecule has 1 amide bonds. The van der Waals surface area contributed by atoms with Gasteiger partial charge in [-0.1, -0.05) is 29.4 Å². The van der Waals surface area contributed by atoms with Gasteiger partial charge in [0.05, 0.1) is 12.9 Å². The van der Waals surface area contributed by atoms with Gasteiger partial charge in [0.15, 0.2) is 11.0 Å². The average Bonchev–Trinajstić information content (AvgIpc) is 3.12. The van der Waals surface area contributed by atoms with E-state index in [1.165, 1.54) is 11.8 Å². The van der Waals surface area contributed by atoms with Crippen molar-refractivity contribution in [1.29, 1.82) is 0 Å². The lowest BCUT2D eigenvalue weighted by Gasteiger charge is -2.09. The molecule has 1 N–H and O–H groups in total. The number of rotatable bonds is 7. The third kappa shape index (κ3) is 4.66. The number of aromatic nitrogens is 3. The number of carbonyl (C=O) groups is 1. The van der Waals surface area contributed by atoms with Crippen molar-refractivity contribution in [2.24, 2.45) is 0 Å². The van der Waals surface area contributed by atoms with Gasteiger partial charge in [0.25, 0.3) is 0 Å². The van der Waals surface area contributed by atoms with Crippen LogP contribution in [0.1, 0.15) is 12.5 Å². The zero-order valence-electron chi connectivity index (χ0n) is 15.9. The molecule has 0 aliphatic heterocycles. The molecule has 2 aromatic carbocycles. The summed E-state index contributed by atoms with van der Waals surface area (Å²) in [5.41, 5.74) is 2.59. The number of carbonyl (C=O) groups excluding carboxylic acids is 1. The van der Waals surface area contributed by atoms with Crippen LogP contribution in [0.2, 0.25) is 5.02 Å². The molecule has 8 heteroatoms. The second-order valence-corrected chi connectivity index (χ2v) is 7.43. The van der Waals surface area contributed by atoms with E-state index >= 15 is 0 Å². The van der Waals surface area contributed by atoms with Crippen LogP contribution in [0.3, 0.4) is 0 Å². The molecule has 6 nitrogen and oxygen atoms in total. The molecule has 0 radical (unpaired) electrons. The summed E-state index contributed by atoms with van der Waals surface area (Å²) >= 11 is 7.45. The predicted molar refractivity (Wildman–Crippen MR) is 113 cm³/mol. The monoisotopic (exact) mass is 416 g/mol. The highest BCUT2D eigenvalue weighted by Crippen LogP contribution is 2.26. The van der Waals surface area contributed by atoms with Gasteiger partial charge in [0, 0.05) is 22.8 Å². The molecule has 146 valence electrons. The van der Waals surface area contributed by atoms with Gasteiger partial charge < -0.3 is 14.6 Å². The molecule has 0 aliphatic rings. The predicted octanol–water partition coefficient (Wildman–Crippen LogP) is 4.67. The van der Waals surface area contributed by atoms with E-state index in [-0.39, 0.29) is 11.7 Å². The van der Waals surface area contributed by atoms with E-state index in [0.29, 0.717) is 22.4 Å². The highest BCUT2D eigenvalue weighted by atomic mass is 35.5. The van der Waals surface area contributed by atoms with Gasteiger partial charge in [-0.25, -0.2) is 0 Å². The first-order valence-electron chi connectivity index (χ1n) is 8.78. The minimum atomic E-state index is -0.124. The molecule has 3 aromatic rings. The molecular formula is C20H21ClN4O2S. The summed E-state index contributed by atoms with van der Waals surface area (Å²) in [6.07, 6.45) is 0. The minimum Gasteiger partial charge on any atom is -0.497 e. The zero-order valence-corrected chi connectivity index (χ0v) is 17.5. The lowest BCUT2D eigenvalue weighted by molar-refractivity contribution is -0.113. The summed E-state index contributed by atoms with van der Waals surface area (Å²) in [7, 11) is 1.63. The minimum absolute atomic E-state index is 0.124. The van der Waals surface area contributed by atoms with E-state index in [1.54, 1.807) is 13.2 Å². The van der Waals surface area contributed by atoms with Crippen molar-refractivity contribution < 1.29 is 9.53 Å². The maximum atomic E-state index is 12.3. The molecule has 0 saturated heterocycles. The summed E-state index contributed by atoms with van der Waals surface area (Å²) in [5.74, 6) is 1.65. The maximum absolute atomic E-state index is 12.3. The number of halogens is 1. The summed E-state index contributed by atoms with van der Waals surface area (Å²) in [6.45, 7) is 4.64. The molecule has 0 spiro atoms. The Labute approximate surface area is 173 Å². The van der Waals surface area contributed by atoms with Crippen molar-refractivity contribution in [3.05, 3.63) is 53.1 Å². The Balaban J connectivity index is 1.67. The molecule has 0 atom stereocenters. The van der Waals surface area contributed by atoms with Crippen molar-refractivity contribution in [1.82, 2.24) is 14.8 Å². The van der Waals surface area contributed by atoms with Crippen LogP contribution >= 0.6 is 23.4 Å². The molecular weight excluding hydrogens is 396 g/mol. The van der Waals surface area contributed by atoms with Crippen LogP contribution in [0.15, 0.2) is 47.6 Å². The van der Waals surface area contributed by atoms with E-state index in [0.717, 1.165) is 22.7 Å². The number of anilines is 1. The second kappa shape index (κ2) is 9.12. The number of nitrogens with one attached hydrogen (secondary N) is 1. The highest BCUT2D eigenvalue weighted by molar-refractivity contribution is 7.99. The normalized spacial score (nSPS) is 10.7. The van der Waals surface area contributed by atoms with E-state index in [4.69, 9.17) is 16.3 Å². The third-order valence-electron chi connectivity index (χ3n) is 4.17. The maximum Gasteiger partial charge on any atom is 0.234 e. The van der Waals surface area contributed by atoms with Crippen molar-refractivity contribution in [3.8, 4) is 17.1 Å². The molecule has 1 aromatic heterocycles. The van der Waals surface area contributed by atoms with Crippen molar-refractivity contribution in [2.45, 2.75) is 25.5 Å². The molecule has 0 fully saturated rings. The summed E-state index contributed by atoms with van der Waals surface area (Å²) in [4.78, 5) is 12.3. The fourth-order valence-electron chi connectivity index (χ4n) is 2.63. The van der Waals surface area contributed by atoms with Crippen LogP contribution in [0, 0.1) is 6.92 Å². The fourth-order valence-corrected chi connectivity index (χ4v) is 3.61. The molecule has 0 saturated carbocycles. The van der Waals surface area contributed by atoms with Gasteiger partial charge in [-0.05, 0) is 55.8 Å². The van der Waals surface area contributed by atoms with Gasteiger partial charge in [-0.2, -0.15) is 0 Å². The van der Waals surface area contributed by atoms with Crippen molar-refractivity contribution in [3.63, 3.8) is 0 Å². The third-order valence-corrected chi connectivity index (χ3v) is 5.54. The molecule has 0 aliphatic carbocycles. The number of amides is 1. The highest BCUT2D eigenvalue weighted by Gasteiger charge is 2.15. The quantitative estimate of drug-likeness (QED) is 0.567. The smallest absolute Gasteiger partial charge is 0.234 e. The van der Waals surface area contributed by atoms with Crippen LogP contribution in [-0.2, 0) is 11.3 Å². The topological polar surface area (TPSA) is 69.0 Å². The number of methoxy groups -OCH3 is 1. The van der Waals surface area contributed by atoms with Gasteiger partial charge in [0.2, 0.25) is 5.91 Å². The Morgan fingerprint density at radius 2 is 1.96 bits per heavy atom. The number of ether oxygens (including phenoxy) is 1. The van der Waals surface area contributed by atoms with Crippen LogP contribution in [0.25, 0.3) is 11.4 Å². The standard InChI is InChI=1S/C20H21ClN4O2S/c1-4-25-19(14-6-9-16(27-3)10-7-14)23-24-20(25)28-12-18(26)22-15-8-5-13(2)17(21)11-15/h5-11H,4,12H2,1-3H3,(H,22,26). The lowest BCUT2D eigenvalue weighted by atomic mass is 10.2. The van der Waals surface area contributed by atoms with Crippen LogP contribution in [-0.4, -0.2) is 33.5 Å². The number of benzene rings is 2. The summed E-state index contributed by atoms with van der Waals surface area (Å²) in [5, 5.41) is 12.7. The Morgan fingerprint density at radius 1 is 1.21 bits per heavy atom. The average molecular weight is 417 g/mol. The summed E-state index contributed by atoms with van der Waals surface area (Å²) < 4.78 is 7.18. The number of aryl methyl sites for hydroxylation is 1. The SMILES string of the molecule is CCn1c(SCC(=O)Nc2ccc(C)c(Cl)c2)nnc1-c1ccc(OC)cc1. The molecule has 0 unspecified atom stereocenters. The fraction of sp³-hybridized carbons (Fsp3) is 0.250. The lowest BCUT2D eigenvalue weighted by Crippen LogP contribution is -2.14. The number of nitrogens with zero attached hydrogens (tertiary/aromatic N) is 3.